The quantitative estimate of drug-likeness (QED) is 0.918. The lowest BCUT2D eigenvalue weighted by molar-refractivity contribution is 0.365. The van der Waals surface area contributed by atoms with Crippen molar-refractivity contribution in [1.29, 1.82) is 0 Å². The molecule has 0 spiro atoms. The number of aromatic nitrogens is 3. The lowest BCUT2D eigenvalue weighted by Gasteiger charge is -2.17. The Kier molecular flexibility index (Phi) is 3.23. The van der Waals surface area contributed by atoms with Gasteiger partial charge in [-0.15, -0.1) is 0 Å². The van der Waals surface area contributed by atoms with Crippen LogP contribution >= 0.6 is 0 Å². The molecule has 2 unspecified atom stereocenters. The van der Waals surface area contributed by atoms with Crippen molar-refractivity contribution in [2.24, 2.45) is 11.8 Å². The van der Waals surface area contributed by atoms with Gasteiger partial charge in [-0.25, -0.2) is 9.97 Å². The summed E-state index contributed by atoms with van der Waals surface area (Å²) in [6.45, 7) is 3.42. The van der Waals surface area contributed by atoms with Crippen molar-refractivity contribution in [2.75, 3.05) is 5.73 Å². The molecule has 0 aromatic carbocycles. The van der Waals surface area contributed by atoms with E-state index in [1.807, 2.05) is 30.9 Å². The van der Waals surface area contributed by atoms with Crippen LogP contribution in [0.5, 0.6) is 0 Å². The van der Waals surface area contributed by atoms with Crippen molar-refractivity contribution in [1.82, 2.24) is 14.5 Å². The predicted octanol–water partition coefficient (Wildman–Crippen LogP) is 2.96. The van der Waals surface area contributed by atoms with E-state index in [4.69, 9.17) is 5.73 Å². The average Bonchev–Trinajstić information content (AvgIpc) is 3.01. The highest BCUT2D eigenvalue weighted by atomic mass is 15.0. The second-order valence-electron chi connectivity index (χ2n) is 5.57. The molecule has 2 heterocycles. The highest BCUT2D eigenvalue weighted by Crippen LogP contribution is 2.33. The van der Waals surface area contributed by atoms with E-state index in [1.165, 1.54) is 19.3 Å². The summed E-state index contributed by atoms with van der Waals surface area (Å²) >= 11 is 0. The predicted molar refractivity (Wildman–Crippen MR) is 76.4 cm³/mol. The summed E-state index contributed by atoms with van der Waals surface area (Å²) < 4.78 is 2.25. The van der Waals surface area contributed by atoms with Crippen LogP contribution in [-0.4, -0.2) is 14.5 Å². The van der Waals surface area contributed by atoms with Gasteiger partial charge in [-0.05, 0) is 30.4 Å². The fourth-order valence-corrected chi connectivity index (χ4v) is 3.01. The maximum absolute atomic E-state index is 5.63. The Labute approximate surface area is 113 Å². The van der Waals surface area contributed by atoms with Crippen LogP contribution < -0.4 is 5.73 Å². The molecule has 1 aliphatic carbocycles. The van der Waals surface area contributed by atoms with Gasteiger partial charge in [0, 0.05) is 18.3 Å². The molecular weight excluding hydrogens is 236 g/mol. The van der Waals surface area contributed by atoms with E-state index < -0.39 is 0 Å². The summed E-state index contributed by atoms with van der Waals surface area (Å²) in [7, 11) is 0. The molecule has 0 amide bonds. The van der Waals surface area contributed by atoms with E-state index in [0.29, 0.717) is 5.82 Å². The topological polar surface area (TPSA) is 56.7 Å². The Bertz CT molecular complexity index is 544. The van der Waals surface area contributed by atoms with Crippen LogP contribution in [0.4, 0.5) is 5.82 Å². The number of nitrogen functional groups attached to an aromatic ring is 1. The number of nitrogens with two attached hydrogens (primary N) is 1. The van der Waals surface area contributed by atoms with E-state index >= 15 is 0 Å². The van der Waals surface area contributed by atoms with Gasteiger partial charge in [0.05, 0.1) is 18.2 Å². The van der Waals surface area contributed by atoms with E-state index in [0.717, 1.165) is 29.6 Å². The zero-order valence-corrected chi connectivity index (χ0v) is 11.3. The summed E-state index contributed by atoms with van der Waals surface area (Å²) in [5, 5.41) is 0. The molecule has 2 aromatic heterocycles. The van der Waals surface area contributed by atoms with E-state index in [1.54, 1.807) is 0 Å². The van der Waals surface area contributed by atoms with Crippen molar-refractivity contribution in [3.63, 3.8) is 0 Å². The van der Waals surface area contributed by atoms with Crippen molar-refractivity contribution < 1.29 is 0 Å². The number of pyridine rings is 1. The molecule has 0 saturated heterocycles. The number of hydrogen-bond acceptors (Lipinski definition) is 3. The molecule has 0 radical (unpaired) electrons. The summed E-state index contributed by atoms with van der Waals surface area (Å²) in [6, 6.07) is 3.85. The molecule has 0 bridgehead atoms. The fraction of sp³-hybridized carbons (Fsp3) is 0.467. The average molecular weight is 256 g/mol. The minimum absolute atomic E-state index is 0.555. The molecule has 4 nitrogen and oxygen atoms in total. The molecule has 2 N–H and O–H groups in total. The minimum Gasteiger partial charge on any atom is -0.384 e. The lowest BCUT2D eigenvalue weighted by Crippen LogP contribution is -2.13. The standard InChI is InChI=1S/C15H20N4/c1-11-3-2-4-13(11)9-19-10-17-8-14(19)12-5-6-15(16)18-7-12/h5-8,10-11,13H,2-4,9H2,1H3,(H2,16,18). The molecule has 1 fully saturated rings. The zero-order chi connectivity index (χ0) is 13.2. The van der Waals surface area contributed by atoms with Gasteiger partial charge >= 0.3 is 0 Å². The molecule has 2 aromatic rings. The zero-order valence-electron chi connectivity index (χ0n) is 11.3. The normalized spacial score (nSPS) is 22.8. The Balaban J connectivity index is 1.84. The van der Waals surface area contributed by atoms with E-state index in [2.05, 4.69) is 21.5 Å². The highest BCUT2D eigenvalue weighted by Gasteiger charge is 2.24. The summed E-state index contributed by atoms with van der Waals surface area (Å²) in [4.78, 5) is 8.45. The first-order valence-corrected chi connectivity index (χ1v) is 6.96. The van der Waals surface area contributed by atoms with Crippen LogP contribution in [0.1, 0.15) is 26.2 Å². The first-order valence-electron chi connectivity index (χ1n) is 6.96. The number of hydrogen-bond donors (Lipinski definition) is 1. The lowest BCUT2D eigenvalue weighted by atomic mass is 9.98. The minimum atomic E-state index is 0.555. The summed E-state index contributed by atoms with van der Waals surface area (Å²) in [6.07, 6.45) is 9.71. The van der Waals surface area contributed by atoms with Crippen molar-refractivity contribution in [2.45, 2.75) is 32.7 Å². The summed E-state index contributed by atoms with van der Waals surface area (Å²) in [5.74, 6) is 2.15. The number of imidazole rings is 1. The second-order valence-corrected chi connectivity index (χ2v) is 5.57. The van der Waals surface area contributed by atoms with Gasteiger partial charge in [0.25, 0.3) is 0 Å². The third-order valence-electron chi connectivity index (χ3n) is 4.26. The van der Waals surface area contributed by atoms with Crippen LogP contribution in [0, 0.1) is 11.8 Å². The molecular formula is C15H20N4. The van der Waals surface area contributed by atoms with Crippen LogP contribution in [0.25, 0.3) is 11.3 Å². The molecule has 0 aliphatic heterocycles. The van der Waals surface area contributed by atoms with Crippen LogP contribution in [0.15, 0.2) is 30.9 Å². The largest absolute Gasteiger partial charge is 0.384 e. The maximum atomic E-state index is 5.63. The first-order chi connectivity index (χ1) is 9.24. The van der Waals surface area contributed by atoms with Gasteiger partial charge in [-0.3, -0.25) is 0 Å². The summed E-state index contributed by atoms with van der Waals surface area (Å²) in [5.41, 5.74) is 7.85. The Morgan fingerprint density at radius 2 is 2.21 bits per heavy atom. The monoisotopic (exact) mass is 256 g/mol. The molecule has 1 aliphatic rings. The number of rotatable bonds is 3. The Morgan fingerprint density at radius 1 is 1.32 bits per heavy atom. The molecule has 3 rings (SSSR count). The third-order valence-corrected chi connectivity index (χ3v) is 4.26. The van der Waals surface area contributed by atoms with Gasteiger partial charge in [-0.2, -0.15) is 0 Å². The number of anilines is 1. The molecule has 2 atom stereocenters. The second kappa shape index (κ2) is 5.03. The van der Waals surface area contributed by atoms with E-state index in [-0.39, 0.29) is 0 Å². The van der Waals surface area contributed by atoms with Crippen molar-refractivity contribution in [3.05, 3.63) is 30.9 Å². The SMILES string of the molecule is CC1CCCC1Cn1cncc1-c1ccc(N)nc1. The Hall–Kier alpha value is -1.84. The molecule has 1 saturated carbocycles. The first kappa shape index (κ1) is 12.2. The third kappa shape index (κ3) is 2.48. The highest BCUT2D eigenvalue weighted by molar-refractivity contribution is 5.59. The van der Waals surface area contributed by atoms with Crippen molar-refractivity contribution >= 4 is 5.82 Å². The fourth-order valence-electron chi connectivity index (χ4n) is 3.01. The van der Waals surface area contributed by atoms with Gasteiger partial charge < -0.3 is 10.3 Å². The Morgan fingerprint density at radius 3 is 2.89 bits per heavy atom. The van der Waals surface area contributed by atoms with Crippen LogP contribution in [0.2, 0.25) is 0 Å². The van der Waals surface area contributed by atoms with E-state index in [9.17, 15) is 0 Å². The van der Waals surface area contributed by atoms with Gasteiger partial charge in [0.15, 0.2) is 0 Å². The van der Waals surface area contributed by atoms with Gasteiger partial charge in [-0.1, -0.05) is 19.8 Å². The smallest absolute Gasteiger partial charge is 0.123 e. The number of nitrogens with zero attached hydrogens (tertiary/aromatic N) is 3. The van der Waals surface area contributed by atoms with Crippen LogP contribution in [0.3, 0.4) is 0 Å². The molecule has 100 valence electrons. The molecule has 19 heavy (non-hydrogen) atoms. The van der Waals surface area contributed by atoms with Crippen molar-refractivity contribution in [3.8, 4) is 11.3 Å². The van der Waals surface area contributed by atoms with Gasteiger partial charge in [0.1, 0.15) is 5.82 Å². The van der Waals surface area contributed by atoms with Gasteiger partial charge in [0.2, 0.25) is 0 Å². The maximum Gasteiger partial charge on any atom is 0.123 e. The van der Waals surface area contributed by atoms with Crippen LogP contribution in [-0.2, 0) is 6.54 Å². The molecule has 4 heteroatoms.